The number of imidazole rings is 1. The van der Waals surface area contributed by atoms with Crippen LogP contribution in [0.25, 0.3) is 0 Å². The number of aromatic nitrogens is 2. The Morgan fingerprint density at radius 2 is 2.27 bits per heavy atom. The summed E-state index contributed by atoms with van der Waals surface area (Å²) in [6.45, 7) is 0.747. The van der Waals surface area contributed by atoms with Gasteiger partial charge >= 0.3 is 0 Å². The lowest BCUT2D eigenvalue weighted by molar-refractivity contribution is 0.382. The third-order valence-electron chi connectivity index (χ3n) is 1.42. The van der Waals surface area contributed by atoms with Crippen molar-refractivity contribution in [2.75, 3.05) is 14.1 Å². The molecule has 0 aliphatic rings. The molecule has 0 bridgehead atoms. The van der Waals surface area contributed by atoms with Gasteiger partial charge in [0, 0.05) is 7.05 Å². The first-order valence-corrected chi connectivity index (χ1v) is 3.45. The fraction of sp³-hybridized carbons (Fsp3) is 0.571. The van der Waals surface area contributed by atoms with Gasteiger partial charge in [-0.1, -0.05) is 0 Å². The van der Waals surface area contributed by atoms with Crippen molar-refractivity contribution in [1.29, 1.82) is 0 Å². The maximum absolute atomic E-state index is 9.00. The topological polar surface area (TPSA) is 41.3 Å². The van der Waals surface area contributed by atoms with E-state index < -0.39 is 0 Å². The van der Waals surface area contributed by atoms with E-state index in [4.69, 9.17) is 5.11 Å². The van der Waals surface area contributed by atoms with E-state index >= 15 is 0 Å². The largest absolute Gasteiger partial charge is 0.492 e. The summed E-state index contributed by atoms with van der Waals surface area (Å²) in [5.74, 6) is 0.955. The molecular weight excluding hydrogens is 142 g/mol. The Kier molecular flexibility index (Phi) is 2.14. The molecule has 0 aliphatic heterocycles. The van der Waals surface area contributed by atoms with Crippen LogP contribution in [0, 0.1) is 0 Å². The highest BCUT2D eigenvalue weighted by Gasteiger charge is 2.03. The van der Waals surface area contributed by atoms with Crippen LogP contribution in [-0.4, -0.2) is 33.7 Å². The fourth-order valence-corrected chi connectivity index (χ4v) is 0.917. The van der Waals surface area contributed by atoms with Crippen LogP contribution in [0.5, 0.6) is 5.88 Å². The van der Waals surface area contributed by atoms with Crippen molar-refractivity contribution >= 4 is 0 Å². The number of aromatic hydroxyl groups is 1. The Bertz CT molecular complexity index is 242. The summed E-state index contributed by atoms with van der Waals surface area (Å²) in [6.07, 6.45) is 1.60. The Balaban J connectivity index is 2.77. The lowest BCUT2D eigenvalue weighted by Crippen LogP contribution is -2.14. The van der Waals surface area contributed by atoms with Gasteiger partial charge in [0.05, 0.1) is 12.7 Å². The van der Waals surface area contributed by atoms with Crippen molar-refractivity contribution in [3.63, 3.8) is 0 Å². The Morgan fingerprint density at radius 1 is 1.64 bits per heavy atom. The number of hydrogen-bond acceptors (Lipinski definition) is 3. The highest BCUT2D eigenvalue weighted by molar-refractivity contribution is 5.07. The number of rotatable bonds is 2. The molecule has 0 fully saturated rings. The zero-order valence-electron chi connectivity index (χ0n) is 7.07. The molecule has 0 saturated heterocycles. The van der Waals surface area contributed by atoms with Crippen LogP contribution in [0.3, 0.4) is 0 Å². The molecule has 1 rings (SSSR count). The monoisotopic (exact) mass is 155 g/mol. The first-order chi connectivity index (χ1) is 5.09. The molecule has 4 heteroatoms. The molecule has 0 radical (unpaired) electrons. The van der Waals surface area contributed by atoms with Gasteiger partial charge in [-0.05, 0) is 14.1 Å². The molecule has 11 heavy (non-hydrogen) atoms. The predicted molar refractivity (Wildman–Crippen MR) is 42.3 cm³/mol. The molecule has 0 spiro atoms. The summed E-state index contributed by atoms with van der Waals surface area (Å²) >= 11 is 0. The summed E-state index contributed by atoms with van der Waals surface area (Å²) in [6, 6.07) is 0. The van der Waals surface area contributed by atoms with Crippen molar-refractivity contribution < 1.29 is 5.11 Å². The standard InChI is InChI=1S/C7H13N3O/c1-9(2)4-6-8-7(11)5-10(6)3/h5,11H,4H2,1-3H3. The van der Waals surface area contributed by atoms with E-state index in [1.165, 1.54) is 0 Å². The molecule has 1 N–H and O–H groups in total. The lowest BCUT2D eigenvalue weighted by atomic mass is 10.5. The van der Waals surface area contributed by atoms with Gasteiger partial charge in [-0.2, -0.15) is 4.98 Å². The van der Waals surface area contributed by atoms with Crippen LogP contribution in [0.2, 0.25) is 0 Å². The smallest absolute Gasteiger partial charge is 0.229 e. The summed E-state index contributed by atoms with van der Waals surface area (Å²) in [7, 11) is 5.79. The van der Waals surface area contributed by atoms with Gasteiger partial charge in [-0.3, -0.25) is 0 Å². The molecule has 0 aliphatic carbocycles. The second kappa shape index (κ2) is 2.92. The molecule has 1 aromatic rings. The minimum absolute atomic E-state index is 0.0874. The lowest BCUT2D eigenvalue weighted by Gasteiger charge is -2.07. The van der Waals surface area contributed by atoms with Crippen LogP contribution in [0.15, 0.2) is 6.20 Å². The van der Waals surface area contributed by atoms with Crippen LogP contribution < -0.4 is 0 Å². The van der Waals surface area contributed by atoms with Gasteiger partial charge in [-0.15, -0.1) is 0 Å². The van der Waals surface area contributed by atoms with Crippen LogP contribution in [0.4, 0.5) is 0 Å². The molecule has 0 unspecified atom stereocenters. The van der Waals surface area contributed by atoms with Crippen LogP contribution in [-0.2, 0) is 13.6 Å². The van der Waals surface area contributed by atoms with Gasteiger partial charge in [-0.25, -0.2) is 0 Å². The maximum Gasteiger partial charge on any atom is 0.229 e. The van der Waals surface area contributed by atoms with Crippen LogP contribution >= 0.6 is 0 Å². The van der Waals surface area contributed by atoms with E-state index in [0.29, 0.717) is 0 Å². The maximum atomic E-state index is 9.00. The third-order valence-corrected chi connectivity index (χ3v) is 1.42. The minimum atomic E-state index is 0.0874. The fourth-order valence-electron chi connectivity index (χ4n) is 0.917. The van der Waals surface area contributed by atoms with E-state index in [1.807, 2.05) is 30.6 Å². The third kappa shape index (κ3) is 1.94. The molecule has 4 nitrogen and oxygen atoms in total. The average molecular weight is 155 g/mol. The van der Waals surface area contributed by atoms with E-state index in [-0.39, 0.29) is 5.88 Å². The van der Waals surface area contributed by atoms with Gasteiger partial charge in [0.1, 0.15) is 5.82 Å². The van der Waals surface area contributed by atoms with Gasteiger partial charge in [0.25, 0.3) is 0 Å². The molecular formula is C7H13N3O. The second-order valence-corrected chi connectivity index (χ2v) is 2.86. The highest BCUT2D eigenvalue weighted by Crippen LogP contribution is 2.07. The SMILES string of the molecule is CN(C)Cc1nc(O)cn1C. The van der Waals surface area contributed by atoms with Crippen molar-refractivity contribution in [2.24, 2.45) is 7.05 Å². The molecule has 1 heterocycles. The summed E-state index contributed by atoms with van der Waals surface area (Å²) in [4.78, 5) is 5.93. The second-order valence-electron chi connectivity index (χ2n) is 2.86. The summed E-state index contributed by atoms with van der Waals surface area (Å²) < 4.78 is 1.81. The Hall–Kier alpha value is -1.03. The van der Waals surface area contributed by atoms with E-state index in [2.05, 4.69) is 4.98 Å². The number of hydrogen-bond donors (Lipinski definition) is 1. The van der Waals surface area contributed by atoms with Gasteiger partial charge < -0.3 is 14.6 Å². The van der Waals surface area contributed by atoms with Gasteiger partial charge in [0.2, 0.25) is 5.88 Å². The molecule has 0 atom stereocenters. The molecule has 0 saturated carbocycles. The first kappa shape index (κ1) is 8.07. The van der Waals surface area contributed by atoms with Gasteiger partial charge in [0.15, 0.2) is 0 Å². The van der Waals surface area contributed by atoms with Crippen molar-refractivity contribution in [3.05, 3.63) is 12.0 Å². The van der Waals surface area contributed by atoms with E-state index in [1.54, 1.807) is 6.20 Å². The van der Waals surface area contributed by atoms with Crippen molar-refractivity contribution in [3.8, 4) is 5.88 Å². The zero-order chi connectivity index (χ0) is 8.43. The number of nitrogens with zero attached hydrogens (tertiary/aromatic N) is 3. The average Bonchev–Trinajstić information content (AvgIpc) is 2.09. The quantitative estimate of drug-likeness (QED) is 0.662. The molecule has 62 valence electrons. The summed E-state index contributed by atoms with van der Waals surface area (Å²) in [5, 5.41) is 9.00. The summed E-state index contributed by atoms with van der Waals surface area (Å²) in [5.41, 5.74) is 0. The highest BCUT2D eigenvalue weighted by atomic mass is 16.3. The minimum Gasteiger partial charge on any atom is -0.492 e. The Labute approximate surface area is 66.1 Å². The number of aryl methyl sites for hydroxylation is 1. The van der Waals surface area contributed by atoms with E-state index in [0.717, 1.165) is 12.4 Å². The Morgan fingerprint density at radius 3 is 2.64 bits per heavy atom. The molecule has 0 amide bonds. The molecule has 1 aromatic heterocycles. The zero-order valence-corrected chi connectivity index (χ0v) is 7.07. The molecule has 0 aromatic carbocycles. The predicted octanol–water partition coefficient (Wildman–Crippen LogP) is 0.187. The van der Waals surface area contributed by atoms with Crippen molar-refractivity contribution in [2.45, 2.75) is 6.54 Å². The normalized spacial score (nSPS) is 10.9. The van der Waals surface area contributed by atoms with E-state index in [9.17, 15) is 0 Å². The van der Waals surface area contributed by atoms with Crippen LogP contribution in [0.1, 0.15) is 5.82 Å². The first-order valence-electron chi connectivity index (χ1n) is 3.45. The van der Waals surface area contributed by atoms with Crippen molar-refractivity contribution in [1.82, 2.24) is 14.5 Å².